The maximum Gasteiger partial charge on any atom is 0.224 e. The monoisotopic (exact) mass is 542 g/mol. The highest BCUT2D eigenvalue weighted by molar-refractivity contribution is 6.42. The molecule has 0 saturated heterocycles. The van der Waals surface area contributed by atoms with Crippen LogP contribution in [-0.4, -0.2) is 24.4 Å². The number of nitrogens with one attached hydrogen (secondary N) is 2. The molecule has 8 heteroatoms. The van der Waals surface area contributed by atoms with Gasteiger partial charge in [0, 0.05) is 12.6 Å². The molecule has 3 rings (SSSR count). The van der Waals surface area contributed by atoms with Crippen molar-refractivity contribution in [3.8, 4) is 0 Å². The van der Waals surface area contributed by atoms with Crippen LogP contribution in [0.1, 0.15) is 51.2 Å². The summed E-state index contributed by atoms with van der Waals surface area (Å²) in [6.45, 7) is 7.13. The van der Waals surface area contributed by atoms with Crippen LogP contribution in [0.3, 0.4) is 0 Å². The third-order valence-electron chi connectivity index (χ3n) is 6.22. The van der Waals surface area contributed by atoms with Gasteiger partial charge in [0.1, 0.15) is 0 Å². The molecule has 2 aromatic carbocycles. The van der Waals surface area contributed by atoms with Crippen molar-refractivity contribution in [3.63, 3.8) is 0 Å². The molecular weight excluding hydrogens is 514 g/mol. The first-order valence-corrected chi connectivity index (χ1v) is 12.8. The number of halogens is 4. The van der Waals surface area contributed by atoms with E-state index in [1.807, 2.05) is 6.07 Å². The van der Waals surface area contributed by atoms with Crippen molar-refractivity contribution < 1.29 is 9.59 Å². The maximum atomic E-state index is 12.7. The van der Waals surface area contributed by atoms with Gasteiger partial charge < -0.3 is 10.6 Å². The van der Waals surface area contributed by atoms with Crippen LogP contribution in [-0.2, 0) is 22.4 Å². The second kappa shape index (κ2) is 11.1. The van der Waals surface area contributed by atoms with Crippen LogP contribution in [0.4, 0.5) is 0 Å². The summed E-state index contributed by atoms with van der Waals surface area (Å²) >= 11 is 24.1. The van der Waals surface area contributed by atoms with E-state index in [0.29, 0.717) is 26.6 Å². The number of carbonyl (C=O) groups excluding carboxylic acids is 2. The second-order valence-electron chi connectivity index (χ2n) is 10.5. The third kappa shape index (κ3) is 7.78. The zero-order chi connectivity index (χ0) is 25.1. The summed E-state index contributed by atoms with van der Waals surface area (Å²) in [4.78, 5) is 25.3. The maximum absolute atomic E-state index is 12.7. The highest BCUT2D eigenvalue weighted by atomic mass is 35.5. The van der Waals surface area contributed by atoms with Crippen LogP contribution in [0.25, 0.3) is 0 Å². The number of benzene rings is 2. The van der Waals surface area contributed by atoms with Gasteiger partial charge in [-0.2, -0.15) is 0 Å². The summed E-state index contributed by atoms with van der Waals surface area (Å²) in [5.74, 6) is -0.115. The lowest BCUT2D eigenvalue weighted by molar-refractivity contribution is -0.123. The second-order valence-corrected chi connectivity index (χ2v) is 12.1. The fourth-order valence-electron chi connectivity index (χ4n) is 5.19. The predicted octanol–water partition coefficient (Wildman–Crippen LogP) is 6.90. The van der Waals surface area contributed by atoms with Gasteiger partial charge in [-0.25, -0.2) is 0 Å². The molecule has 4 nitrogen and oxygen atoms in total. The highest BCUT2D eigenvalue weighted by Crippen LogP contribution is 2.45. The van der Waals surface area contributed by atoms with Crippen LogP contribution in [0.15, 0.2) is 36.4 Å². The van der Waals surface area contributed by atoms with Crippen LogP contribution >= 0.6 is 46.4 Å². The smallest absolute Gasteiger partial charge is 0.224 e. The van der Waals surface area contributed by atoms with Gasteiger partial charge in [0.15, 0.2) is 0 Å². The van der Waals surface area contributed by atoms with E-state index in [2.05, 4.69) is 31.4 Å². The lowest BCUT2D eigenvalue weighted by Gasteiger charge is -2.47. The van der Waals surface area contributed by atoms with E-state index < -0.39 is 0 Å². The zero-order valence-corrected chi connectivity index (χ0v) is 22.6. The molecule has 2 N–H and O–H groups in total. The number of amides is 2. The Morgan fingerprint density at radius 1 is 0.824 bits per heavy atom. The lowest BCUT2D eigenvalue weighted by Crippen LogP contribution is -2.50. The highest BCUT2D eigenvalue weighted by Gasteiger charge is 2.41. The van der Waals surface area contributed by atoms with E-state index in [1.54, 1.807) is 30.3 Å². The minimum absolute atomic E-state index is 0.0241. The summed E-state index contributed by atoms with van der Waals surface area (Å²) in [7, 11) is 0. The quantitative estimate of drug-likeness (QED) is 0.399. The minimum Gasteiger partial charge on any atom is -0.355 e. The van der Waals surface area contributed by atoms with Crippen LogP contribution in [0, 0.1) is 10.8 Å². The lowest BCUT2D eigenvalue weighted by atomic mass is 9.62. The molecule has 1 saturated carbocycles. The van der Waals surface area contributed by atoms with Gasteiger partial charge in [0.2, 0.25) is 11.8 Å². The van der Waals surface area contributed by atoms with Crippen molar-refractivity contribution in [2.45, 2.75) is 58.9 Å². The topological polar surface area (TPSA) is 58.2 Å². The molecule has 1 aliphatic rings. The Morgan fingerprint density at radius 2 is 1.35 bits per heavy atom. The summed E-state index contributed by atoms with van der Waals surface area (Å²) in [6.07, 6.45) is 3.10. The van der Waals surface area contributed by atoms with Crippen molar-refractivity contribution in [1.82, 2.24) is 10.6 Å². The number of rotatable bonds is 7. The fraction of sp³-hybridized carbons (Fsp3) is 0.462. The summed E-state index contributed by atoms with van der Waals surface area (Å²) in [5, 5.41) is 8.09. The molecule has 2 atom stereocenters. The predicted molar refractivity (Wildman–Crippen MR) is 141 cm³/mol. The van der Waals surface area contributed by atoms with E-state index in [4.69, 9.17) is 46.4 Å². The molecule has 0 aromatic heterocycles. The van der Waals surface area contributed by atoms with Crippen molar-refractivity contribution in [1.29, 1.82) is 0 Å². The van der Waals surface area contributed by atoms with Crippen molar-refractivity contribution >= 4 is 58.2 Å². The van der Waals surface area contributed by atoms with Gasteiger partial charge in [-0.15, -0.1) is 0 Å². The number of hydrogen-bond donors (Lipinski definition) is 2. The molecule has 0 spiro atoms. The normalized spacial score (nSPS) is 21.7. The van der Waals surface area contributed by atoms with Crippen LogP contribution in [0.2, 0.25) is 20.1 Å². The molecule has 1 aliphatic carbocycles. The third-order valence-corrected chi connectivity index (χ3v) is 7.70. The molecule has 0 radical (unpaired) electrons. The Kier molecular flexibility index (Phi) is 8.84. The molecule has 0 unspecified atom stereocenters. The van der Waals surface area contributed by atoms with Crippen molar-refractivity contribution in [3.05, 3.63) is 67.6 Å². The largest absolute Gasteiger partial charge is 0.355 e. The molecule has 184 valence electrons. The van der Waals surface area contributed by atoms with E-state index >= 15 is 0 Å². The minimum atomic E-state index is -0.142. The average Bonchev–Trinajstić information content (AvgIpc) is 2.70. The Bertz CT molecular complexity index is 1070. The molecule has 34 heavy (non-hydrogen) atoms. The van der Waals surface area contributed by atoms with Gasteiger partial charge >= 0.3 is 0 Å². The average molecular weight is 544 g/mol. The molecular formula is C26H30Cl4N2O2. The molecule has 0 aliphatic heterocycles. The van der Waals surface area contributed by atoms with Crippen molar-refractivity contribution in [2.75, 3.05) is 6.54 Å². The number of hydrogen-bond acceptors (Lipinski definition) is 2. The first-order chi connectivity index (χ1) is 15.8. The molecule has 1 fully saturated rings. The van der Waals surface area contributed by atoms with Crippen molar-refractivity contribution in [2.24, 2.45) is 10.8 Å². The van der Waals surface area contributed by atoms with Crippen LogP contribution in [0.5, 0.6) is 0 Å². The van der Waals surface area contributed by atoms with Gasteiger partial charge in [-0.3, -0.25) is 9.59 Å². The fourth-order valence-corrected chi connectivity index (χ4v) is 5.83. The SMILES string of the molecule is CC1(C)C[C@H](NC(=O)Cc2ccc(Cl)c(Cl)c2)C[C@@](C)(CNC(=O)Cc2ccc(Cl)c(Cl)c2)C1. The standard InChI is InChI=1S/C26H30Cl4N2O2/c1-25(2)12-18(32-24(34)11-17-5-7-20(28)22(30)9-17)13-26(3,14-25)15-31-23(33)10-16-4-6-19(27)21(29)8-16/h4-9,18H,10-15H2,1-3H3,(H,31,33)(H,32,34)/t18-,26+/m0/s1. The van der Waals surface area contributed by atoms with Crippen LogP contribution < -0.4 is 10.6 Å². The molecule has 2 aromatic rings. The van der Waals surface area contributed by atoms with E-state index in [1.165, 1.54) is 0 Å². The van der Waals surface area contributed by atoms with E-state index in [-0.39, 0.29) is 41.5 Å². The summed E-state index contributed by atoms with van der Waals surface area (Å²) in [5.41, 5.74) is 1.52. The Labute approximate surface area is 221 Å². The number of carbonyl (C=O) groups is 2. The van der Waals surface area contributed by atoms with Gasteiger partial charge in [0.05, 0.1) is 32.9 Å². The van der Waals surface area contributed by atoms with Gasteiger partial charge in [-0.1, -0.05) is 79.3 Å². The first kappa shape index (κ1) is 27.1. The van der Waals surface area contributed by atoms with E-state index in [9.17, 15) is 9.59 Å². The molecule has 0 heterocycles. The Morgan fingerprint density at radius 3 is 1.88 bits per heavy atom. The summed E-state index contributed by atoms with van der Waals surface area (Å²) in [6, 6.07) is 10.5. The molecule has 0 bridgehead atoms. The Hall–Kier alpha value is -1.46. The first-order valence-electron chi connectivity index (χ1n) is 11.3. The zero-order valence-electron chi connectivity index (χ0n) is 19.6. The van der Waals surface area contributed by atoms with Gasteiger partial charge in [-0.05, 0) is 65.5 Å². The van der Waals surface area contributed by atoms with E-state index in [0.717, 1.165) is 30.4 Å². The molecule has 2 amide bonds. The summed E-state index contributed by atoms with van der Waals surface area (Å²) < 4.78 is 0. The van der Waals surface area contributed by atoms with Gasteiger partial charge in [0.25, 0.3) is 0 Å². The Balaban J connectivity index is 1.58.